The molecule has 1 fully saturated rings. The SMILES string of the molecule is COCC1CCN(CCCNC(C)C)C1. The van der Waals surface area contributed by atoms with E-state index < -0.39 is 0 Å². The highest BCUT2D eigenvalue weighted by Gasteiger charge is 2.21. The Morgan fingerprint density at radius 1 is 1.47 bits per heavy atom. The molecule has 3 nitrogen and oxygen atoms in total. The summed E-state index contributed by atoms with van der Waals surface area (Å²) in [5.41, 5.74) is 0. The number of hydrogen-bond donors (Lipinski definition) is 1. The summed E-state index contributed by atoms with van der Waals surface area (Å²) in [7, 11) is 1.80. The van der Waals surface area contributed by atoms with Crippen molar-refractivity contribution in [1.29, 1.82) is 0 Å². The summed E-state index contributed by atoms with van der Waals surface area (Å²) in [5.74, 6) is 0.771. The molecule has 0 spiro atoms. The molecule has 90 valence electrons. The van der Waals surface area contributed by atoms with Crippen LogP contribution < -0.4 is 5.32 Å². The third-order valence-corrected chi connectivity index (χ3v) is 2.98. The van der Waals surface area contributed by atoms with Crippen molar-refractivity contribution in [1.82, 2.24) is 10.2 Å². The molecule has 1 aliphatic heterocycles. The predicted molar refractivity (Wildman–Crippen MR) is 64.2 cm³/mol. The summed E-state index contributed by atoms with van der Waals surface area (Å²) in [6.45, 7) is 10.2. The van der Waals surface area contributed by atoms with Gasteiger partial charge in [-0.2, -0.15) is 0 Å². The van der Waals surface area contributed by atoms with Crippen LogP contribution >= 0.6 is 0 Å². The van der Waals surface area contributed by atoms with Crippen LogP contribution in [0.3, 0.4) is 0 Å². The van der Waals surface area contributed by atoms with Crippen molar-refractivity contribution in [3.8, 4) is 0 Å². The highest BCUT2D eigenvalue weighted by Crippen LogP contribution is 2.15. The number of hydrogen-bond acceptors (Lipinski definition) is 3. The van der Waals surface area contributed by atoms with Crippen molar-refractivity contribution < 1.29 is 4.74 Å². The first-order valence-electron chi connectivity index (χ1n) is 6.17. The first-order valence-corrected chi connectivity index (χ1v) is 6.17. The lowest BCUT2D eigenvalue weighted by atomic mass is 10.1. The zero-order chi connectivity index (χ0) is 11.1. The van der Waals surface area contributed by atoms with Crippen LogP contribution in [0, 0.1) is 5.92 Å². The number of nitrogens with one attached hydrogen (secondary N) is 1. The standard InChI is InChI=1S/C12H26N2O/c1-11(2)13-6-4-7-14-8-5-12(9-14)10-15-3/h11-13H,4-10H2,1-3H3. The summed E-state index contributed by atoms with van der Waals surface area (Å²) in [6.07, 6.45) is 2.57. The van der Waals surface area contributed by atoms with E-state index in [2.05, 4.69) is 24.1 Å². The van der Waals surface area contributed by atoms with Crippen molar-refractivity contribution in [2.75, 3.05) is 39.9 Å². The van der Waals surface area contributed by atoms with Crippen LogP contribution in [-0.4, -0.2) is 50.8 Å². The van der Waals surface area contributed by atoms with Crippen LogP contribution in [0.1, 0.15) is 26.7 Å². The second kappa shape index (κ2) is 7.20. The highest BCUT2D eigenvalue weighted by atomic mass is 16.5. The Kier molecular flexibility index (Phi) is 6.22. The van der Waals surface area contributed by atoms with E-state index in [1.165, 1.54) is 32.5 Å². The van der Waals surface area contributed by atoms with Gasteiger partial charge in [0.2, 0.25) is 0 Å². The largest absolute Gasteiger partial charge is 0.384 e. The molecule has 0 saturated carbocycles. The van der Waals surface area contributed by atoms with E-state index in [-0.39, 0.29) is 0 Å². The first-order chi connectivity index (χ1) is 7.22. The smallest absolute Gasteiger partial charge is 0.0503 e. The van der Waals surface area contributed by atoms with Crippen molar-refractivity contribution in [2.24, 2.45) is 5.92 Å². The van der Waals surface area contributed by atoms with Gasteiger partial charge in [-0.3, -0.25) is 0 Å². The van der Waals surface area contributed by atoms with Crippen LogP contribution in [0.4, 0.5) is 0 Å². The topological polar surface area (TPSA) is 24.5 Å². The highest BCUT2D eigenvalue weighted by molar-refractivity contribution is 4.75. The quantitative estimate of drug-likeness (QED) is 0.647. The molecular formula is C12H26N2O. The lowest BCUT2D eigenvalue weighted by Gasteiger charge is -2.16. The first kappa shape index (κ1) is 12.9. The number of rotatable bonds is 7. The monoisotopic (exact) mass is 214 g/mol. The molecule has 0 aromatic rings. The molecule has 0 radical (unpaired) electrons. The van der Waals surface area contributed by atoms with E-state index in [1.807, 2.05) is 0 Å². The molecule has 15 heavy (non-hydrogen) atoms. The van der Waals surface area contributed by atoms with Crippen molar-refractivity contribution >= 4 is 0 Å². The van der Waals surface area contributed by atoms with E-state index in [0.717, 1.165) is 19.1 Å². The maximum atomic E-state index is 5.19. The fourth-order valence-corrected chi connectivity index (χ4v) is 2.18. The second-order valence-electron chi connectivity index (χ2n) is 4.87. The predicted octanol–water partition coefficient (Wildman–Crippen LogP) is 1.34. The minimum absolute atomic E-state index is 0.616. The summed E-state index contributed by atoms with van der Waals surface area (Å²) in [4.78, 5) is 2.56. The number of nitrogens with zero attached hydrogens (tertiary/aromatic N) is 1. The van der Waals surface area contributed by atoms with Gasteiger partial charge >= 0.3 is 0 Å². The average molecular weight is 214 g/mol. The fraction of sp³-hybridized carbons (Fsp3) is 1.00. The average Bonchev–Trinajstić information content (AvgIpc) is 2.61. The van der Waals surface area contributed by atoms with Gasteiger partial charge in [-0.1, -0.05) is 13.8 Å². The molecule has 3 heteroatoms. The van der Waals surface area contributed by atoms with Gasteiger partial charge < -0.3 is 15.0 Å². The van der Waals surface area contributed by atoms with Gasteiger partial charge in [0.1, 0.15) is 0 Å². The molecule has 1 N–H and O–H groups in total. The van der Waals surface area contributed by atoms with Crippen molar-refractivity contribution in [3.05, 3.63) is 0 Å². The van der Waals surface area contributed by atoms with Crippen molar-refractivity contribution in [2.45, 2.75) is 32.7 Å². The molecule has 1 atom stereocenters. The van der Waals surface area contributed by atoms with Crippen LogP contribution in [0.2, 0.25) is 0 Å². The molecular weight excluding hydrogens is 188 g/mol. The van der Waals surface area contributed by atoms with Crippen LogP contribution in [0.5, 0.6) is 0 Å². The van der Waals surface area contributed by atoms with E-state index in [0.29, 0.717) is 6.04 Å². The van der Waals surface area contributed by atoms with Gasteiger partial charge in [0, 0.05) is 19.7 Å². The number of likely N-dealkylation sites (tertiary alicyclic amines) is 1. The van der Waals surface area contributed by atoms with Gasteiger partial charge in [0.25, 0.3) is 0 Å². The van der Waals surface area contributed by atoms with Gasteiger partial charge in [0.15, 0.2) is 0 Å². The summed E-state index contributed by atoms with van der Waals surface area (Å²) >= 11 is 0. The minimum atomic E-state index is 0.616. The van der Waals surface area contributed by atoms with E-state index in [9.17, 15) is 0 Å². The van der Waals surface area contributed by atoms with Gasteiger partial charge in [0.05, 0.1) is 6.61 Å². The van der Waals surface area contributed by atoms with E-state index >= 15 is 0 Å². The lowest BCUT2D eigenvalue weighted by molar-refractivity contribution is 0.153. The Morgan fingerprint density at radius 2 is 2.27 bits per heavy atom. The van der Waals surface area contributed by atoms with Gasteiger partial charge in [-0.15, -0.1) is 0 Å². The Labute approximate surface area is 94.2 Å². The maximum absolute atomic E-state index is 5.19. The van der Waals surface area contributed by atoms with Crippen LogP contribution in [-0.2, 0) is 4.74 Å². The molecule has 1 rings (SSSR count). The Bertz CT molecular complexity index is 162. The Balaban J connectivity index is 1.99. The molecule has 1 heterocycles. The van der Waals surface area contributed by atoms with E-state index in [1.54, 1.807) is 7.11 Å². The van der Waals surface area contributed by atoms with Gasteiger partial charge in [-0.25, -0.2) is 0 Å². The molecule has 0 aliphatic carbocycles. The fourth-order valence-electron chi connectivity index (χ4n) is 2.18. The molecule has 1 aliphatic rings. The normalized spacial score (nSPS) is 22.8. The Morgan fingerprint density at radius 3 is 2.93 bits per heavy atom. The molecule has 0 amide bonds. The summed E-state index contributed by atoms with van der Waals surface area (Å²) < 4.78 is 5.19. The number of ether oxygens (including phenoxy) is 1. The van der Waals surface area contributed by atoms with E-state index in [4.69, 9.17) is 4.74 Å². The zero-order valence-electron chi connectivity index (χ0n) is 10.5. The molecule has 0 aromatic carbocycles. The third kappa shape index (κ3) is 5.50. The minimum Gasteiger partial charge on any atom is -0.384 e. The molecule has 0 bridgehead atoms. The summed E-state index contributed by atoms with van der Waals surface area (Å²) in [5, 5.41) is 3.45. The zero-order valence-corrected chi connectivity index (χ0v) is 10.5. The molecule has 0 aromatic heterocycles. The van der Waals surface area contributed by atoms with Crippen molar-refractivity contribution in [3.63, 3.8) is 0 Å². The molecule has 1 saturated heterocycles. The summed E-state index contributed by atoms with van der Waals surface area (Å²) in [6, 6.07) is 0.616. The second-order valence-corrected chi connectivity index (χ2v) is 4.87. The maximum Gasteiger partial charge on any atom is 0.0503 e. The van der Waals surface area contributed by atoms with Crippen LogP contribution in [0.15, 0.2) is 0 Å². The molecule has 1 unspecified atom stereocenters. The lowest BCUT2D eigenvalue weighted by Crippen LogP contribution is -2.29. The number of methoxy groups -OCH3 is 1. The third-order valence-electron chi connectivity index (χ3n) is 2.98. The van der Waals surface area contributed by atoms with Crippen LogP contribution in [0.25, 0.3) is 0 Å². The van der Waals surface area contributed by atoms with Gasteiger partial charge in [-0.05, 0) is 38.4 Å². The Hall–Kier alpha value is -0.120.